The van der Waals surface area contributed by atoms with Crippen LogP contribution < -0.4 is 5.32 Å². The number of aliphatic hydroxyl groups is 1. The highest BCUT2D eigenvalue weighted by molar-refractivity contribution is 5.94. The molecule has 0 unspecified atom stereocenters. The Hall–Kier alpha value is -1.49. The Morgan fingerprint density at radius 1 is 1.38 bits per heavy atom. The Balaban J connectivity index is 1.93. The van der Waals surface area contributed by atoms with Gasteiger partial charge in [0.15, 0.2) is 0 Å². The molecule has 5 heteroatoms. The van der Waals surface area contributed by atoms with Crippen molar-refractivity contribution in [2.45, 2.75) is 44.6 Å². The van der Waals surface area contributed by atoms with Crippen LogP contribution in [0, 0.1) is 17.6 Å². The lowest BCUT2D eigenvalue weighted by Crippen LogP contribution is -2.45. The first-order valence-electron chi connectivity index (χ1n) is 7.39. The van der Waals surface area contributed by atoms with E-state index in [1.807, 2.05) is 0 Å². The average Bonchev–Trinajstić information content (AvgIpc) is 2.48. The summed E-state index contributed by atoms with van der Waals surface area (Å²) in [6.45, 7) is 2.20. The summed E-state index contributed by atoms with van der Waals surface area (Å²) in [6.07, 6.45) is 4.19. The molecule has 1 fully saturated rings. The maximum Gasteiger partial charge on any atom is 0.254 e. The molecular weight excluding hydrogens is 276 g/mol. The fraction of sp³-hybridized carbons (Fsp3) is 0.562. The summed E-state index contributed by atoms with van der Waals surface area (Å²) in [5, 5.41) is 12.9. The van der Waals surface area contributed by atoms with Crippen LogP contribution in [0.15, 0.2) is 18.2 Å². The zero-order valence-electron chi connectivity index (χ0n) is 12.2. The second-order valence-electron chi connectivity index (χ2n) is 5.88. The van der Waals surface area contributed by atoms with Crippen LogP contribution in [0.3, 0.4) is 0 Å². The molecule has 0 spiro atoms. The Bertz CT molecular complexity index is 511. The highest BCUT2D eigenvalue weighted by Gasteiger charge is 2.33. The minimum absolute atomic E-state index is 0.0677. The molecule has 0 heterocycles. The first-order chi connectivity index (χ1) is 9.93. The lowest BCUT2D eigenvalue weighted by atomic mass is 9.78. The normalized spacial score (nSPS) is 25.6. The number of hydrogen-bond acceptors (Lipinski definition) is 2. The molecule has 0 aromatic heterocycles. The van der Waals surface area contributed by atoms with Gasteiger partial charge in [-0.05, 0) is 49.8 Å². The van der Waals surface area contributed by atoms with Gasteiger partial charge in [0.2, 0.25) is 0 Å². The molecule has 1 aliphatic carbocycles. The quantitative estimate of drug-likeness (QED) is 0.897. The van der Waals surface area contributed by atoms with E-state index in [0.29, 0.717) is 18.8 Å². The molecule has 1 aromatic carbocycles. The van der Waals surface area contributed by atoms with Crippen molar-refractivity contribution in [1.82, 2.24) is 5.32 Å². The number of carbonyl (C=O) groups excluding carboxylic acids is 1. The van der Waals surface area contributed by atoms with Gasteiger partial charge in [-0.15, -0.1) is 0 Å². The lowest BCUT2D eigenvalue weighted by Gasteiger charge is -2.35. The van der Waals surface area contributed by atoms with E-state index in [9.17, 15) is 18.7 Å². The van der Waals surface area contributed by atoms with Crippen LogP contribution >= 0.6 is 0 Å². The van der Waals surface area contributed by atoms with Crippen LogP contribution in [0.5, 0.6) is 0 Å². The van der Waals surface area contributed by atoms with E-state index >= 15 is 0 Å². The second kappa shape index (κ2) is 6.52. The van der Waals surface area contributed by atoms with E-state index in [-0.39, 0.29) is 12.1 Å². The van der Waals surface area contributed by atoms with Gasteiger partial charge in [0.05, 0.1) is 11.2 Å². The van der Waals surface area contributed by atoms with Gasteiger partial charge in [0, 0.05) is 6.54 Å². The van der Waals surface area contributed by atoms with Crippen molar-refractivity contribution in [1.29, 1.82) is 0 Å². The van der Waals surface area contributed by atoms with Crippen molar-refractivity contribution in [2.75, 3.05) is 6.54 Å². The maximum absolute atomic E-state index is 13.5. The molecule has 1 aliphatic rings. The number of halogens is 2. The van der Waals surface area contributed by atoms with Gasteiger partial charge in [-0.1, -0.05) is 13.3 Å². The van der Waals surface area contributed by atoms with Crippen LogP contribution in [0.4, 0.5) is 8.78 Å². The lowest BCUT2D eigenvalue weighted by molar-refractivity contribution is -0.00790. The number of amides is 1. The fourth-order valence-electron chi connectivity index (χ4n) is 2.81. The first-order valence-corrected chi connectivity index (χ1v) is 7.39. The van der Waals surface area contributed by atoms with Gasteiger partial charge in [0.1, 0.15) is 11.6 Å². The SMILES string of the molecule is CCC1CCC(O)(CNC(=O)c2cc(F)ccc2F)CC1. The molecular formula is C16H21F2NO2. The number of carbonyl (C=O) groups is 1. The van der Waals surface area contributed by atoms with Crippen molar-refractivity contribution in [3.63, 3.8) is 0 Å². The van der Waals surface area contributed by atoms with Gasteiger partial charge in [0.25, 0.3) is 5.91 Å². The number of nitrogens with one attached hydrogen (secondary N) is 1. The minimum atomic E-state index is -0.939. The molecule has 0 bridgehead atoms. The summed E-state index contributed by atoms with van der Waals surface area (Å²) in [7, 11) is 0. The highest BCUT2D eigenvalue weighted by Crippen LogP contribution is 2.33. The zero-order valence-corrected chi connectivity index (χ0v) is 12.2. The van der Waals surface area contributed by atoms with Crippen LogP contribution in [0.2, 0.25) is 0 Å². The van der Waals surface area contributed by atoms with Crippen molar-refractivity contribution >= 4 is 5.91 Å². The molecule has 1 amide bonds. The Kier molecular flexibility index (Phi) is 4.93. The van der Waals surface area contributed by atoms with E-state index in [4.69, 9.17) is 0 Å². The van der Waals surface area contributed by atoms with Crippen LogP contribution in [0.25, 0.3) is 0 Å². The second-order valence-corrected chi connectivity index (χ2v) is 5.88. The van der Waals surface area contributed by atoms with Crippen molar-refractivity contribution < 1.29 is 18.7 Å². The smallest absolute Gasteiger partial charge is 0.254 e. The molecule has 2 N–H and O–H groups in total. The van der Waals surface area contributed by atoms with Crippen LogP contribution in [-0.2, 0) is 0 Å². The van der Waals surface area contributed by atoms with Gasteiger partial charge < -0.3 is 10.4 Å². The van der Waals surface area contributed by atoms with Gasteiger partial charge >= 0.3 is 0 Å². The Morgan fingerprint density at radius 3 is 2.67 bits per heavy atom. The van der Waals surface area contributed by atoms with E-state index < -0.39 is 23.1 Å². The maximum atomic E-state index is 13.5. The van der Waals surface area contributed by atoms with Crippen molar-refractivity contribution in [2.24, 2.45) is 5.92 Å². The van der Waals surface area contributed by atoms with E-state index in [1.165, 1.54) is 0 Å². The Labute approximate surface area is 123 Å². The molecule has 0 radical (unpaired) electrons. The number of benzene rings is 1. The summed E-state index contributed by atoms with van der Waals surface area (Å²) in [5.41, 5.74) is -1.27. The largest absolute Gasteiger partial charge is 0.388 e. The number of hydrogen-bond donors (Lipinski definition) is 2. The van der Waals surface area contributed by atoms with E-state index in [2.05, 4.69) is 12.2 Å². The minimum Gasteiger partial charge on any atom is -0.388 e. The fourth-order valence-corrected chi connectivity index (χ4v) is 2.81. The predicted octanol–water partition coefficient (Wildman–Crippen LogP) is 3.03. The molecule has 116 valence electrons. The molecule has 0 atom stereocenters. The predicted molar refractivity (Wildman–Crippen MR) is 75.9 cm³/mol. The molecule has 0 saturated heterocycles. The molecule has 3 nitrogen and oxygen atoms in total. The van der Waals surface area contributed by atoms with Crippen molar-refractivity contribution in [3.8, 4) is 0 Å². The molecule has 2 rings (SSSR count). The third kappa shape index (κ3) is 4.00. The average molecular weight is 297 g/mol. The summed E-state index contributed by atoms with van der Waals surface area (Å²) >= 11 is 0. The monoisotopic (exact) mass is 297 g/mol. The third-order valence-electron chi connectivity index (χ3n) is 4.36. The highest BCUT2D eigenvalue weighted by atomic mass is 19.1. The van der Waals surface area contributed by atoms with E-state index in [0.717, 1.165) is 37.5 Å². The Morgan fingerprint density at radius 2 is 2.05 bits per heavy atom. The summed E-state index contributed by atoms with van der Waals surface area (Å²) in [4.78, 5) is 11.9. The summed E-state index contributed by atoms with van der Waals surface area (Å²) in [6, 6.07) is 2.75. The number of rotatable bonds is 4. The standard InChI is InChI=1S/C16H21F2NO2/c1-2-11-5-7-16(21,8-6-11)10-19-15(20)13-9-12(17)3-4-14(13)18/h3-4,9,11,21H,2,5-8,10H2,1H3,(H,19,20). The topological polar surface area (TPSA) is 49.3 Å². The first kappa shape index (κ1) is 15.9. The summed E-state index contributed by atoms with van der Waals surface area (Å²) < 4.78 is 26.6. The van der Waals surface area contributed by atoms with Crippen molar-refractivity contribution in [3.05, 3.63) is 35.4 Å². The van der Waals surface area contributed by atoms with Gasteiger partial charge in [-0.2, -0.15) is 0 Å². The van der Waals surface area contributed by atoms with Crippen LogP contribution in [-0.4, -0.2) is 23.2 Å². The summed E-state index contributed by atoms with van der Waals surface area (Å²) in [5.74, 6) is -1.50. The van der Waals surface area contributed by atoms with Gasteiger partial charge in [-0.3, -0.25) is 4.79 Å². The molecule has 0 aliphatic heterocycles. The van der Waals surface area contributed by atoms with E-state index in [1.54, 1.807) is 0 Å². The molecule has 1 aromatic rings. The molecule has 1 saturated carbocycles. The molecule has 21 heavy (non-hydrogen) atoms. The van der Waals surface area contributed by atoms with Gasteiger partial charge in [-0.25, -0.2) is 8.78 Å². The third-order valence-corrected chi connectivity index (χ3v) is 4.36. The zero-order chi connectivity index (χ0) is 15.5. The van der Waals surface area contributed by atoms with Crippen LogP contribution in [0.1, 0.15) is 49.4 Å².